The molecule has 276 valence electrons. The number of halogens is 1. The molecule has 3 aromatic carbocycles. The third-order valence-electron chi connectivity index (χ3n) is 9.03. The van der Waals surface area contributed by atoms with Gasteiger partial charge in [0.25, 0.3) is 0 Å². The highest BCUT2D eigenvalue weighted by Gasteiger charge is 2.26. The van der Waals surface area contributed by atoms with E-state index < -0.39 is 0 Å². The van der Waals surface area contributed by atoms with Crippen LogP contribution in [0.1, 0.15) is 51.3 Å². The van der Waals surface area contributed by atoms with E-state index in [1.807, 2.05) is 37.3 Å². The van der Waals surface area contributed by atoms with Crippen LogP contribution in [0, 0.1) is 20.8 Å². The van der Waals surface area contributed by atoms with Crippen LogP contribution in [-0.2, 0) is 33.9 Å². The van der Waals surface area contributed by atoms with Gasteiger partial charge in [-0.25, -0.2) is 0 Å². The maximum Gasteiger partial charge on any atom is 0.216 e. The average Bonchev–Trinajstić information content (AvgIpc) is 3.79. The van der Waals surface area contributed by atoms with Crippen LogP contribution in [0.2, 0.25) is 5.02 Å². The highest BCUT2D eigenvalue weighted by atomic mass is 35.5. The summed E-state index contributed by atoms with van der Waals surface area (Å²) in [5.41, 5.74) is 8.37. The van der Waals surface area contributed by atoms with Crippen molar-refractivity contribution in [3.8, 4) is 5.00 Å². The largest absolute Gasteiger partial charge is 0.378 e. The van der Waals surface area contributed by atoms with E-state index in [1.54, 1.807) is 11.3 Å². The van der Waals surface area contributed by atoms with Crippen LogP contribution >= 0.6 is 22.9 Å². The normalized spacial score (nSPS) is 12.1. The number of fused-ring (bicyclic) bond motifs is 4. The summed E-state index contributed by atoms with van der Waals surface area (Å²) in [6.45, 7) is 13.6. The van der Waals surface area contributed by atoms with E-state index in [1.165, 1.54) is 45.0 Å². The second kappa shape index (κ2) is 18.4. The summed E-state index contributed by atoms with van der Waals surface area (Å²) in [4.78, 5) is 16.9. The number of carbonyl (C=O) groups excluding carboxylic acids is 1. The molecular weight excluding hydrogens is 706 g/mol. The average molecular weight is 752 g/mol. The first-order valence-electron chi connectivity index (χ1n) is 17.8. The Balaban J connectivity index is 0.000000187. The standard InChI is InChI=1S/C24H31N3O3.C17H15ClN4S/c1-20(28)26-12-15-30-17-16-29-14-11-25-18-22-8-5-9-24-23(22)10-13-27(24)19-21-6-3-2-4-7-21;1-9-10(2)23-17-15(9)16(12-4-6-13(18)7-5-12)19-8-14-21-20-11(3)22(14)17/h2-10,13,25H,11-12,14-19H2,1H3,(H,26,28);4-7H,8H2,1-3H3. The molecule has 1 aliphatic heterocycles. The van der Waals surface area contributed by atoms with E-state index in [0.717, 1.165) is 52.6 Å². The van der Waals surface area contributed by atoms with Crippen LogP contribution in [-0.4, -0.2) is 70.5 Å². The summed E-state index contributed by atoms with van der Waals surface area (Å²) in [5, 5.41) is 17.8. The molecule has 0 atom stereocenters. The first-order chi connectivity index (χ1) is 25.8. The van der Waals surface area contributed by atoms with Crippen LogP contribution in [0.3, 0.4) is 0 Å². The van der Waals surface area contributed by atoms with Crippen LogP contribution in [0.4, 0.5) is 0 Å². The van der Waals surface area contributed by atoms with Crippen molar-refractivity contribution in [1.29, 1.82) is 0 Å². The number of carbonyl (C=O) groups is 1. The Hall–Kier alpha value is -4.65. The number of ether oxygens (including phenoxy) is 2. The first kappa shape index (κ1) is 38.1. The van der Waals surface area contributed by atoms with Gasteiger partial charge in [0, 0.05) is 71.2 Å². The number of aryl methyl sites for hydroxylation is 2. The fraction of sp³-hybridized carbons (Fsp3) is 0.317. The molecule has 7 rings (SSSR count). The van der Waals surface area contributed by atoms with Gasteiger partial charge in [0.05, 0.1) is 32.1 Å². The van der Waals surface area contributed by atoms with E-state index in [9.17, 15) is 4.79 Å². The molecule has 0 aliphatic carbocycles. The molecule has 1 amide bonds. The van der Waals surface area contributed by atoms with Crippen LogP contribution in [0.5, 0.6) is 0 Å². The monoisotopic (exact) mass is 751 g/mol. The minimum Gasteiger partial charge on any atom is -0.378 e. The SMILES string of the molecule is CC(=O)NCCOCCOCCNCc1cccc2c1ccn2Cc1ccccc1.Cc1sc2c(c1C)C(c1ccc(Cl)cc1)=NCc1nnc(C)n1-2. The minimum atomic E-state index is -0.0376. The molecule has 0 spiro atoms. The number of nitrogens with one attached hydrogen (secondary N) is 2. The molecule has 6 aromatic rings. The van der Waals surface area contributed by atoms with Gasteiger partial charge in [-0.2, -0.15) is 0 Å². The second-order valence-corrected chi connectivity index (χ2v) is 14.4. The molecule has 3 aromatic heterocycles. The van der Waals surface area contributed by atoms with E-state index in [4.69, 9.17) is 26.1 Å². The third kappa shape index (κ3) is 9.67. The van der Waals surface area contributed by atoms with Crippen molar-refractivity contribution in [2.24, 2.45) is 4.99 Å². The highest BCUT2D eigenvalue weighted by molar-refractivity contribution is 7.15. The molecule has 0 saturated heterocycles. The van der Waals surface area contributed by atoms with Crippen molar-refractivity contribution >= 4 is 45.5 Å². The summed E-state index contributed by atoms with van der Waals surface area (Å²) >= 11 is 7.80. The lowest BCUT2D eigenvalue weighted by molar-refractivity contribution is -0.119. The molecule has 0 bridgehead atoms. The number of hydrogen-bond donors (Lipinski definition) is 2. The molecule has 2 N–H and O–H groups in total. The van der Waals surface area contributed by atoms with E-state index in [2.05, 4.69) is 98.5 Å². The number of benzene rings is 3. The molecule has 1 aliphatic rings. The molecule has 10 nitrogen and oxygen atoms in total. The van der Waals surface area contributed by atoms with Crippen LogP contribution in [0.15, 0.2) is 90.1 Å². The smallest absolute Gasteiger partial charge is 0.216 e. The molecule has 0 unspecified atom stereocenters. The van der Waals surface area contributed by atoms with Gasteiger partial charge < -0.3 is 24.7 Å². The predicted octanol–water partition coefficient (Wildman–Crippen LogP) is 7.21. The summed E-state index contributed by atoms with van der Waals surface area (Å²) < 4.78 is 15.4. The van der Waals surface area contributed by atoms with Gasteiger partial charge in [-0.15, -0.1) is 21.5 Å². The van der Waals surface area contributed by atoms with Gasteiger partial charge >= 0.3 is 0 Å². The molecule has 4 heterocycles. The van der Waals surface area contributed by atoms with Crippen molar-refractivity contribution in [3.05, 3.63) is 134 Å². The Kier molecular flexibility index (Phi) is 13.2. The molecule has 53 heavy (non-hydrogen) atoms. The molecular formula is C41H46ClN7O3S. The zero-order chi connectivity index (χ0) is 37.2. The Morgan fingerprint density at radius 3 is 2.40 bits per heavy atom. The van der Waals surface area contributed by atoms with E-state index >= 15 is 0 Å². The van der Waals surface area contributed by atoms with Crippen molar-refractivity contribution < 1.29 is 14.3 Å². The number of aromatic nitrogens is 4. The lowest BCUT2D eigenvalue weighted by atomic mass is 10.00. The molecule has 12 heteroatoms. The van der Waals surface area contributed by atoms with Gasteiger partial charge in [-0.3, -0.25) is 14.4 Å². The summed E-state index contributed by atoms with van der Waals surface area (Å²) in [7, 11) is 0. The fourth-order valence-electron chi connectivity index (χ4n) is 6.24. The predicted molar refractivity (Wildman–Crippen MR) is 214 cm³/mol. The summed E-state index contributed by atoms with van der Waals surface area (Å²) in [5.74, 6) is 1.74. The van der Waals surface area contributed by atoms with E-state index in [0.29, 0.717) is 39.5 Å². The van der Waals surface area contributed by atoms with Gasteiger partial charge in [0.1, 0.15) is 17.4 Å². The number of hydrogen-bond acceptors (Lipinski definition) is 8. The van der Waals surface area contributed by atoms with Crippen molar-refractivity contribution in [2.75, 3.05) is 39.5 Å². The maximum absolute atomic E-state index is 10.7. The lowest BCUT2D eigenvalue weighted by Gasteiger charge is -2.09. The quantitative estimate of drug-likeness (QED) is 0.114. The number of nitrogens with zero attached hydrogens (tertiary/aromatic N) is 5. The number of rotatable bonds is 14. The Morgan fingerprint density at radius 2 is 1.64 bits per heavy atom. The molecule has 0 saturated carbocycles. The van der Waals surface area contributed by atoms with Crippen molar-refractivity contribution in [1.82, 2.24) is 30.0 Å². The van der Waals surface area contributed by atoms with Gasteiger partial charge in [0.15, 0.2) is 5.82 Å². The van der Waals surface area contributed by atoms with Crippen molar-refractivity contribution in [3.63, 3.8) is 0 Å². The maximum atomic E-state index is 10.7. The zero-order valence-electron chi connectivity index (χ0n) is 30.7. The first-order valence-corrected chi connectivity index (χ1v) is 19.0. The van der Waals surface area contributed by atoms with Gasteiger partial charge in [-0.1, -0.05) is 66.2 Å². The Bertz CT molecular complexity index is 2160. The van der Waals surface area contributed by atoms with Crippen LogP contribution < -0.4 is 10.6 Å². The minimum absolute atomic E-state index is 0.0376. The van der Waals surface area contributed by atoms with Crippen LogP contribution in [0.25, 0.3) is 15.9 Å². The second-order valence-electron chi connectivity index (χ2n) is 12.8. The van der Waals surface area contributed by atoms with E-state index in [-0.39, 0.29) is 5.91 Å². The third-order valence-corrected chi connectivity index (χ3v) is 10.5. The molecule has 0 fully saturated rings. The highest BCUT2D eigenvalue weighted by Crippen LogP contribution is 2.36. The number of amides is 1. The topological polar surface area (TPSA) is 108 Å². The van der Waals surface area contributed by atoms with Gasteiger partial charge in [0.2, 0.25) is 5.91 Å². The lowest BCUT2D eigenvalue weighted by Crippen LogP contribution is -2.25. The van der Waals surface area contributed by atoms with Gasteiger partial charge in [-0.05, 0) is 61.7 Å². The molecule has 0 radical (unpaired) electrons. The summed E-state index contributed by atoms with van der Waals surface area (Å²) in [6, 6.07) is 27.1. The summed E-state index contributed by atoms with van der Waals surface area (Å²) in [6.07, 6.45) is 2.16. The Labute approximate surface area is 319 Å². The Morgan fingerprint density at radius 1 is 0.887 bits per heavy atom. The number of thiophene rings is 1. The zero-order valence-corrected chi connectivity index (χ0v) is 32.3. The van der Waals surface area contributed by atoms with Crippen molar-refractivity contribution in [2.45, 2.75) is 47.3 Å². The fourth-order valence-corrected chi connectivity index (χ4v) is 7.59. The number of aliphatic imine (C=N–C) groups is 1.